The summed E-state index contributed by atoms with van der Waals surface area (Å²) in [5, 5.41) is 21.8. The van der Waals surface area contributed by atoms with Gasteiger partial charge in [0.25, 0.3) is 0 Å². The molecule has 0 radical (unpaired) electrons. The number of hydrogen-bond donors (Lipinski definition) is 2. The van der Waals surface area contributed by atoms with Gasteiger partial charge in [0.2, 0.25) is 0 Å². The molecule has 0 bridgehead atoms. The molecule has 5 rings (SSSR count). The Hall–Kier alpha value is -0.670. The van der Waals surface area contributed by atoms with Crippen molar-refractivity contribution in [2.45, 2.75) is 118 Å². The SMILES string of the molecule is C=C(C)C(O)CCC(C)C1C(O)CC2(C)C3CCC4C(C)(C)C(=O)CCC45CC35CCC12C. The molecular weight excluding hydrogens is 408 g/mol. The van der Waals surface area contributed by atoms with Gasteiger partial charge in [-0.1, -0.05) is 46.8 Å². The van der Waals surface area contributed by atoms with Gasteiger partial charge in [-0.2, -0.15) is 0 Å². The van der Waals surface area contributed by atoms with Crippen molar-refractivity contribution < 1.29 is 15.0 Å². The number of fused-ring (bicyclic) bond motifs is 2. The third-order valence-electron chi connectivity index (χ3n) is 13.0. The average molecular weight is 457 g/mol. The molecule has 5 saturated carbocycles. The molecule has 2 spiro atoms. The van der Waals surface area contributed by atoms with Crippen LogP contribution in [-0.4, -0.2) is 28.2 Å². The molecule has 0 amide bonds. The van der Waals surface area contributed by atoms with Crippen LogP contribution in [-0.2, 0) is 4.79 Å². The highest BCUT2D eigenvalue weighted by Crippen LogP contribution is 2.88. The number of Topliss-reactive ketones (excluding diaryl/α,β-unsaturated/α-hetero) is 1. The van der Waals surface area contributed by atoms with Crippen LogP contribution in [0.5, 0.6) is 0 Å². The second kappa shape index (κ2) is 7.19. The van der Waals surface area contributed by atoms with Crippen LogP contribution in [0, 0.1) is 50.7 Å². The van der Waals surface area contributed by atoms with Crippen LogP contribution in [0.2, 0.25) is 0 Å². The Bertz CT molecular complexity index is 861. The highest BCUT2D eigenvalue weighted by atomic mass is 16.3. The molecule has 5 aliphatic carbocycles. The summed E-state index contributed by atoms with van der Waals surface area (Å²) in [6, 6.07) is 0. The van der Waals surface area contributed by atoms with Crippen LogP contribution in [0.1, 0.15) is 106 Å². The first-order valence-corrected chi connectivity index (χ1v) is 13.8. The van der Waals surface area contributed by atoms with Crippen molar-refractivity contribution in [3.8, 4) is 0 Å². The Balaban J connectivity index is 1.42. The van der Waals surface area contributed by atoms with Crippen LogP contribution in [0.25, 0.3) is 0 Å². The highest BCUT2D eigenvalue weighted by molar-refractivity contribution is 5.86. The highest BCUT2D eigenvalue weighted by Gasteiger charge is 2.82. The van der Waals surface area contributed by atoms with Crippen molar-refractivity contribution in [3.63, 3.8) is 0 Å². The fourth-order valence-electron chi connectivity index (χ4n) is 11.1. The van der Waals surface area contributed by atoms with Gasteiger partial charge in [-0.05, 0) is 110 Å². The van der Waals surface area contributed by atoms with E-state index in [9.17, 15) is 15.0 Å². The summed E-state index contributed by atoms with van der Waals surface area (Å²) in [5.41, 5.74) is 1.79. The van der Waals surface area contributed by atoms with Gasteiger partial charge in [-0.3, -0.25) is 4.79 Å². The molecule has 3 nitrogen and oxygen atoms in total. The second-order valence-electron chi connectivity index (χ2n) is 14.4. The van der Waals surface area contributed by atoms with Crippen molar-refractivity contribution in [3.05, 3.63) is 12.2 Å². The Morgan fingerprint density at radius 2 is 1.67 bits per heavy atom. The summed E-state index contributed by atoms with van der Waals surface area (Å²) < 4.78 is 0. The summed E-state index contributed by atoms with van der Waals surface area (Å²) in [4.78, 5) is 12.8. The molecule has 0 aromatic rings. The lowest BCUT2D eigenvalue weighted by atomic mass is 9.42. The Morgan fingerprint density at radius 3 is 2.33 bits per heavy atom. The molecule has 5 fully saturated rings. The number of rotatable bonds is 5. The third-order valence-corrected chi connectivity index (χ3v) is 13.0. The average Bonchev–Trinajstić information content (AvgIpc) is 3.34. The van der Waals surface area contributed by atoms with E-state index < -0.39 is 6.10 Å². The van der Waals surface area contributed by atoms with E-state index >= 15 is 0 Å². The van der Waals surface area contributed by atoms with Gasteiger partial charge < -0.3 is 10.2 Å². The first-order chi connectivity index (χ1) is 15.3. The van der Waals surface area contributed by atoms with Gasteiger partial charge in [-0.15, -0.1) is 0 Å². The zero-order valence-corrected chi connectivity index (χ0v) is 22.0. The summed E-state index contributed by atoms with van der Waals surface area (Å²) in [7, 11) is 0. The zero-order valence-electron chi connectivity index (χ0n) is 22.0. The van der Waals surface area contributed by atoms with Crippen molar-refractivity contribution >= 4 is 5.78 Å². The fourth-order valence-corrected chi connectivity index (χ4v) is 11.1. The molecule has 10 unspecified atom stereocenters. The first kappa shape index (κ1) is 24.0. The second-order valence-corrected chi connectivity index (χ2v) is 14.4. The molecule has 0 saturated heterocycles. The van der Waals surface area contributed by atoms with E-state index in [0.29, 0.717) is 40.3 Å². The number of aliphatic hydroxyl groups is 2. The molecule has 2 N–H and O–H groups in total. The fraction of sp³-hybridized carbons (Fsp3) is 0.900. The topological polar surface area (TPSA) is 57.5 Å². The molecule has 33 heavy (non-hydrogen) atoms. The molecule has 3 heteroatoms. The molecule has 186 valence electrons. The molecule has 0 aliphatic heterocycles. The number of carbonyl (C=O) groups is 1. The lowest BCUT2D eigenvalue weighted by Crippen LogP contribution is -2.57. The van der Waals surface area contributed by atoms with Gasteiger partial charge in [0, 0.05) is 11.8 Å². The quantitative estimate of drug-likeness (QED) is 0.476. The van der Waals surface area contributed by atoms with E-state index in [4.69, 9.17) is 0 Å². The van der Waals surface area contributed by atoms with E-state index in [-0.39, 0.29) is 22.3 Å². The zero-order chi connectivity index (χ0) is 24.2. The van der Waals surface area contributed by atoms with E-state index in [1.165, 1.54) is 32.1 Å². The minimum Gasteiger partial charge on any atom is -0.393 e. The minimum atomic E-state index is -0.432. The Labute approximate surface area is 201 Å². The van der Waals surface area contributed by atoms with Crippen LogP contribution in [0.4, 0.5) is 0 Å². The van der Waals surface area contributed by atoms with Crippen molar-refractivity contribution in [1.82, 2.24) is 0 Å². The number of carbonyl (C=O) groups excluding carboxylic acids is 1. The molecule has 0 heterocycles. The van der Waals surface area contributed by atoms with Gasteiger partial charge in [0.1, 0.15) is 5.78 Å². The Morgan fingerprint density at radius 1 is 1.03 bits per heavy atom. The minimum absolute atomic E-state index is 0.145. The number of aliphatic hydroxyl groups excluding tert-OH is 2. The third kappa shape index (κ3) is 2.85. The largest absolute Gasteiger partial charge is 0.393 e. The maximum Gasteiger partial charge on any atom is 0.138 e. The van der Waals surface area contributed by atoms with Gasteiger partial charge in [0.15, 0.2) is 0 Å². The van der Waals surface area contributed by atoms with Crippen molar-refractivity contribution in [2.75, 3.05) is 0 Å². The molecule has 0 aromatic carbocycles. The maximum atomic E-state index is 12.8. The normalized spacial score (nSPS) is 51.6. The van der Waals surface area contributed by atoms with Crippen LogP contribution in [0.3, 0.4) is 0 Å². The van der Waals surface area contributed by atoms with Gasteiger partial charge in [0.05, 0.1) is 12.2 Å². The predicted octanol–water partition coefficient (Wildman–Crippen LogP) is 6.32. The van der Waals surface area contributed by atoms with E-state index in [0.717, 1.165) is 37.7 Å². The van der Waals surface area contributed by atoms with Crippen LogP contribution in [0.15, 0.2) is 12.2 Å². The summed E-state index contributed by atoms with van der Waals surface area (Å²) in [6.07, 6.45) is 10.1. The van der Waals surface area contributed by atoms with E-state index in [1.807, 2.05) is 6.92 Å². The standard InChI is InChI=1S/C30H48O3/c1-18(2)20(31)9-8-19(3)25-21(32)16-28(7)23-11-10-22-26(4,5)24(33)12-13-29(22)17-30(23,29)15-14-27(25,28)6/h19-23,25,31-32H,1,8-17H2,2-7H3. The van der Waals surface area contributed by atoms with Crippen LogP contribution < -0.4 is 0 Å². The molecule has 10 atom stereocenters. The monoisotopic (exact) mass is 456 g/mol. The number of hydrogen-bond acceptors (Lipinski definition) is 3. The Kier molecular flexibility index (Phi) is 5.24. The lowest BCUT2D eigenvalue weighted by Gasteiger charge is -2.62. The van der Waals surface area contributed by atoms with Crippen molar-refractivity contribution in [2.24, 2.45) is 50.7 Å². The van der Waals surface area contributed by atoms with E-state index in [1.54, 1.807) is 0 Å². The van der Waals surface area contributed by atoms with E-state index in [2.05, 4.69) is 41.2 Å². The molecular formula is C30H48O3. The summed E-state index contributed by atoms with van der Waals surface area (Å²) in [5.74, 6) is 2.42. The molecule has 0 aromatic heterocycles. The van der Waals surface area contributed by atoms with Crippen molar-refractivity contribution in [1.29, 1.82) is 0 Å². The molecule has 5 aliphatic rings. The van der Waals surface area contributed by atoms with Gasteiger partial charge >= 0.3 is 0 Å². The summed E-state index contributed by atoms with van der Waals surface area (Å²) >= 11 is 0. The van der Waals surface area contributed by atoms with Gasteiger partial charge in [-0.25, -0.2) is 0 Å². The van der Waals surface area contributed by atoms with Crippen LogP contribution >= 0.6 is 0 Å². The maximum absolute atomic E-state index is 12.8. The summed E-state index contributed by atoms with van der Waals surface area (Å²) in [6.45, 7) is 17.6. The number of ketones is 1. The predicted molar refractivity (Wildman–Crippen MR) is 132 cm³/mol. The smallest absolute Gasteiger partial charge is 0.138 e. The first-order valence-electron chi connectivity index (χ1n) is 13.8. The lowest BCUT2D eigenvalue weighted by molar-refractivity contribution is -0.157.